The van der Waals surface area contributed by atoms with E-state index in [0.29, 0.717) is 6.04 Å². The van der Waals surface area contributed by atoms with Gasteiger partial charge in [-0.15, -0.1) is 0 Å². The van der Waals surface area contributed by atoms with Gasteiger partial charge in [0.15, 0.2) is 0 Å². The molecule has 0 bridgehead atoms. The molecule has 0 aromatic rings. The highest BCUT2D eigenvalue weighted by atomic mass is 16.3. The summed E-state index contributed by atoms with van der Waals surface area (Å²) in [6.45, 7) is 1.90. The Kier molecular flexibility index (Phi) is 3.42. The minimum absolute atomic E-state index is 0.0984. The van der Waals surface area contributed by atoms with E-state index in [4.69, 9.17) is 0 Å². The number of hydrogen-bond donors (Lipinski definition) is 1. The zero-order chi connectivity index (χ0) is 9.97. The molecule has 0 aromatic carbocycles. The second kappa shape index (κ2) is 4.60. The average molecular weight is 198 g/mol. The summed E-state index contributed by atoms with van der Waals surface area (Å²) in [6, 6.07) is 0.547. The van der Waals surface area contributed by atoms with Crippen LogP contribution in [0, 0.1) is 0 Å². The number of likely N-dealkylation sites (tertiary alicyclic amines) is 1. The summed E-state index contributed by atoms with van der Waals surface area (Å²) in [5.41, 5.74) is 0. The van der Waals surface area contributed by atoms with Gasteiger partial charge in [-0.1, -0.05) is 0 Å². The Bertz CT molecular complexity index is 178. The van der Waals surface area contributed by atoms with Crippen LogP contribution in [0.2, 0.25) is 0 Å². The van der Waals surface area contributed by atoms with Crippen molar-refractivity contribution in [3.63, 3.8) is 0 Å². The van der Waals surface area contributed by atoms with Crippen molar-refractivity contribution in [1.82, 2.24) is 4.90 Å². The molecule has 1 saturated heterocycles. The van der Waals surface area contributed by atoms with Crippen molar-refractivity contribution in [3.8, 4) is 0 Å². The molecule has 0 amide bonds. The molecule has 1 aliphatic carbocycles. The van der Waals surface area contributed by atoms with Crippen molar-refractivity contribution in [3.05, 3.63) is 0 Å². The second-order valence-corrected chi connectivity index (χ2v) is 4.71. The van der Waals surface area contributed by atoms with Crippen molar-refractivity contribution in [2.45, 2.75) is 56.8 Å². The molecular formula is C11H20NO2. The van der Waals surface area contributed by atoms with E-state index < -0.39 is 0 Å². The molecule has 2 rings (SSSR count). The summed E-state index contributed by atoms with van der Waals surface area (Å²) in [5, 5.41) is 20.7. The molecule has 1 saturated carbocycles. The summed E-state index contributed by atoms with van der Waals surface area (Å²) in [4.78, 5) is 2.41. The number of rotatable bonds is 1. The molecule has 1 radical (unpaired) electrons. The van der Waals surface area contributed by atoms with Crippen LogP contribution in [0.3, 0.4) is 0 Å². The third-order valence-corrected chi connectivity index (χ3v) is 3.61. The highest BCUT2D eigenvalue weighted by Crippen LogP contribution is 2.25. The zero-order valence-corrected chi connectivity index (χ0v) is 8.69. The molecule has 2 atom stereocenters. The van der Waals surface area contributed by atoms with Crippen LogP contribution in [-0.4, -0.2) is 41.3 Å². The average Bonchev–Trinajstić information content (AvgIpc) is 2.19. The van der Waals surface area contributed by atoms with E-state index in [1.165, 1.54) is 6.42 Å². The molecule has 0 spiro atoms. The van der Waals surface area contributed by atoms with Crippen LogP contribution >= 0.6 is 0 Å². The monoisotopic (exact) mass is 198 g/mol. The van der Waals surface area contributed by atoms with Gasteiger partial charge >= 0.3 is 0 Å². The number of piperidine rings is 1. The predicted octanol–water partition coefficient (Wildman–Crippen LogP) is 1.18. The Morgan fingerprint density at radius 2 is 1.79 bits per heavy atom. The first-order valence-electron chi connectivity index (χ1n) is 5.83. The lowest BCUT2D eigenvalue weighted by molar-refractivity contribution is -0.00431. The number of nitrogens with zero attached hydrogens (tertiary/aromatic N) is 1. The molecule has 2 unspecified atom stereocenters. The third kappa shape index (κ3) is 2.47. The smallest absolute Gasteiger partial charge is 0.0954 e. The van der Waals surface area contributed by atoms with Gasteiger partial charge in [-0.2, -0.15) is 0 Å². The van der Waals surface area contributed by atoms with E-state index in [1.807, 2.05) is 0 Å². The van der Waals surface area contributed by atoms with E-state index in [9.17, 15) is 10.2 Å². The van der Waals surface area contributed by atoms with E-state index in [2.05, 4.69) is 4.90 Å². The quantitative estimate of drug-likeness (QED) is 0.687. The topological polar surface area (TPSA) is 43.4 Å². The normalized spacial score (nSPS) is 37.3. The maximum absolute atomic E-state index is 11.2. The van der Waals surface area contributed by atoms with Gasteiger partial charge in [0.25, 0.3) is 0 Å². The molecule has 1 N–H and O–H groups in total. The van der Waals surface area contributed by atoms with E-state index in [-0.39, 0.29) is 12.2 Å². The van der Waals surface area contributed by atoms with Gasteiger partial charge in [-0.25, -0.2) is 5.11 Å². The summed E-state index contributed by atoms with van der Waals surface area (Å²) in [6.07, 6.45) is 5.40. The Balaban J connectivity index is 1.82. The first-order chi connectivity index (χ1) is 6.75. The maximum atomic E-state index is 11.2. The number of hydrogen-bond acceptors (Lipinski definition) is 2. The summed E-state index contributed by atoms with van der Waals surface area (Å²) in [5.74, 6) is 0. The predicted molar refractivity (Wildman–Crippen MR) is 53.5 cm³/mol. The highest BCUT2D eigenvalue weighted by Gasteiger charge is 2.28. The maximum Gasteiger partial charge on any atom is 0.0954 e. The summed E-state index contributed by atoms with van der Waals surface area (Å²) < 4.78 is 0. The molecule has 2 aliphatic rings. The van der Waals surface area contributed by atoms with Gasteiger partial charge in [-0.3, -0.25) is 0 Å². The first kappa shape index (κ1) is 10.4. The third-order valence-electron chi connectivity index (χ3n) is 3.61. The van der Waals surface area contributed by atoms with E-state index in [0.717, 1.165) is 45.2 Å². The van der Waals surface area contributed by atoms with Crippen molar-refractivity contribution in [2.24, 2.45) is 0 Å². The molecule has 14 heavy (non-hydrogen) atoms. The molecule has 1 aliphatic heterocycles. The summed E-state index contributed by atoms with van der Waals surface area (Å²) >= 11 is 0. The minimum Gasteiger partial charge on any atom is -0.393 e. The fourth-order valence-electron chi connectivity index (χ4n) is 2.71. The lowest BCUT2D eigenvalue weighted by Crippen LogP contribution is -2.45. The lowest BCUT2D eigenvalue weighted by Gasteiger charge is -2.39. The zero-order valence-electron chi connectivity index (χ0n) is 8.69. The number of aliphatic hydroxyl groups is 1. The first-order valence-corrected chi connectivity index (χ1v) is 5.83. The Morgan fingerprint density at radius 1 is 1.07 bits per heavy atom. The standard InChI is InChI=1S/C11H20NO2/c13-10-4-6-12(7-5-10)9-2-1-3-11(14)8-9/h9-11,14H,1-8H2. The second-order valence-electron chi connectivity index (χ2n) is 4.71. The van der Waals surface area contributed by atoms with Crippen molar-refractivity contribution >= 4 is 0 Å². The van der Waals surface area contributed by atoms with Crippen molar-refractivity contribution in [2.75, 3.05) is 13.1 Å². The Hall–Kier alpha value is -0.120. The van der Waals surface area contributed by atoms with Crippen LogP contribution in [0.5, 0.6) is 0 Å². The molecule has 1 heterocycles. The van der Waals surface area contributed by atoms with Crippen LogP contribution in [0.25, 0.3) is 0 Å². The van der Waals surface area contributed by atoms with Gasteiger partial charge in [0, 0.05) is 19.1 Å². The lowest BCUT2D eigenvalue weighted by atomic mass is 9.90. The Labute approximate surface area is 85.7 Å². The fourth-order valence-corrected chi connectivity index (χ4v) is 2.71. The van der Waals surface area contributed by atoms with Crippen LogP contribution < -0.4 is 0 Å². The molecule has 0 aromatic heterocycles. The van der Waals surface area contributed by atoms with Crippen LogP contribution in [0.4, 0.5) is 0 Å². The van der Waals surface area contributed by atoms with E-state index >= 15 is 0 Å². The number of aliphatic hydroxyl groups excluding tert-OH is 1. The van der Waals surface area contributed by atoms with Crippen LogP contribution in [-0.2, 0) is 5.11 Å². The molecule has 3 heteroatoms. The SMILES string of the molecule is [O]C1CCN(C2CCCC(O)C2)CC1. The Morgan fingerprint density at radius 3 is 2.43 bits per heavy atom. The minimum atomic E-state index is -0.334. The highest BCUT2D eigenvalue weighted by molar-refractivity contribution is 4.83. The van der Waals surface area contributed by atoms with Gasteiger partial charge in [-0.05, 0) is 38.5 Å². The van der Waals surface area contributed by atoms with Gasteiger partial charge in [0.1, 0.15) is 0 Å². The fraction of sp³-hybridized carbons (Fsp3) is 1.00. The molecular weight excluding hydrogens is 178 g/mol. The summed E-state index contributed by atoms with van der Waals surface area (Å²) in [7, 11) is 0. The molecule has 3 nitrogen and oxygen atoms in total. The molecule has 2 fully saturated rings. The van der Waals surface area contributed by atoms with Gasteiger partial charge in [0.05, 0.1) is 12.2 Å². The van der Waals surface area contributed by atoms with Crippen molar-refractivity contribution in [1.29, 1.82) is 0 Å². The molecule has 81 valence electrons. The van der Waals surface area contributed by atoms with Gasteiger partial charge in [0.2, 0.25) is 0 Å². The van der Waals surface area contributed by atoms with E-state index in [1.54, 1.807) is 0 Å². The van der Waals surface area contributed by atoms with Crippen LogP contribution in [0.1, 0.15) is 38.5 Å². The van der Waals surface area contributed by atoms with Crippen molar-refractivity contribution < 1.29 is 10.2 Å². The van der Waals surface area contributed by atoms with Gasteiger partial charge < -0.3 is 10.0 Å². The largest absolute Gasteiger partial charge is 0.393 e. The van der Waals surface area contributed by atoms with Crippen LogP contribution in [0.15, 0.2) is 0 Å².